The van der Waals surface area contributed by atoms with Crippen LogP contribution in [-0.2, 0) is 9.59 Å². The number of rotatable bonds is 20. The lowest BCUT2D eigenvalue weighted by molar-refractivity contribution is -0.115. The van der Waals surface area contributed by atoms with Gasteiger partial charge in [-0.1, -0.05) is 47.6 Å². The first-order valence-corrected chi connectivity index (χ1v) is 11.5. The van der Waals surface area contributed by atoms with Crippen LogP contribution in [-0.4, -0.2) is 49.1 Å². The second-order valence-corrected chi connectivity index (χ2v) is 8.51. The van der Waals surface area contributed by atoms with E-state index < -0.39 is 11.8 Å². The summed E-state index contributed by atoms with van der Waals surface area (Å²) < 4.78 is 0. The molecule has 12 heteroatoms. The van der Waals surface area contributed by atoms with Crippen molar-refractivity contribution in [2.75, 3.05) is 31.1 Å². The van der Waals surface area contributed by atoms with Gasteiger partial charge in [0.1, 0.15) is 11.4 Å². The third kappa shape index (κ3) is 15.6. The Hall–Kier alpha value is -1.44. The minimum atomic E-state index is -0.661. The first-order chi connectivity index (χ1) is 13.4. The fourth-order valence-corrected chi connectivity index (χ4v) is 3.64. The van der Waals surface area contributed by atoms with Crippen LogP contribution >= 0.6 is 21.6 Å². The molecule has 10 nitrogen and oxygen atoms in total. The van der Waals surface area contributed by atoms with Crippen LogP contribution in [0.3, 0.4) is 0 Å². The molecule has 0 aliphatic carbocycles. The molecule has 11 N–H and O–H groups in total. The first kappa shape index (κ1) is 26.6. The van der Waals surface area contributed by atoms with Gasteiger partial charge >= 0.3 is 0 Å². The number of nitrogens with two attached hydrogens (primary N) is 3. The van der Waals surface area contributed by atoms with E-state index in [1.165, 1.54) is 0 Å². The third-order valence-corrected chi connectivity index (χ3v) is 5.82. The van der Waals surface area contributed by atoms with Crippen LogP contribution in [0.2, 0.25) is 0 Å². The highest BCUT2D eigenvalue weighted by Gasteiger charge is 2.10. The monoisotopic (exact) mass is 434 g/mol. The predicted octanol–water partition coefficient (Wildman–Crippen LogP) is -1.01. The SMILES string of the molecule is C=C(NNC(CCCCCNCCSSCCN)NNC(=C)C(N)=O)C(N)=O. The molecular weight excluding hydrogens is 400 g/mol. The van der Waals surface area contributed by atoms with Crippen LogP contribution in [0.15, 0.2) is 24.6 Å². The minimum Gasteiger partial charge on any atom is -0.364 e. The molecule has 0 saturated heterocycles. The molecule has 0 heterocycles. The van der Waals surface area contributed by atoms with E-state index in [2.05, 4.69) is 40.2 Å². The normalized spacial score (nSPS) is 10.6. The van der Waals surface area contributed by atoms with Crippen LogP contribution in [0.5, 0.6) is 0 Å². The Morgan fingerprint density at radius 3 is 1.96 bits per heavy atom. The Bertz CT molecular complexity index is 463. The summed E-state index contributed by atoms with van der Waals surface area (Å²) >= 11 is 0. The molecule has 0 atom stereocenters. The van der Waals surface area contributed by atoms with Crippen molar-refractivity contribution in [3.63, 3.8) is 0 Å². The van der Waals surface area contributed by atoms with Crippen molar-refractivity contribution in [2.24, 2.45) is 17.2 Å². The summed E-state index contributed by atoms with van der Waals surface area (Å²) in [5.41, 5.74) is 26.8. The summed E-state index contributed by atoms with van der Waals surface area (Å²) in [6.45, 7) is 9.67. The second kappa shape index (κ2) is 17.6. The molecule has 28 heavy (non-hydrogen) atoms. The van der Waals surface area contributed by atoms with Gasteiger partial charge in [0.05, 0.1) is 6.17 Å². The fourth-order valence-electron chi connectivity index (χ4n) is 1.83. The molecule has 0 aromatic carbocycles. The van der Waals surface area contributed by atoms with Gasteiger partial charge in [0.25, 0.3) is 11.8 Å². The van der Waals surface area contributed by atoms with Crippen molar-refractivity contribution in [3.8, 4) is 0 Å². The molecule has 0 fully saturated rings. The highest BCUT2D eigenvalue weighted by molar-refractivity contribution is 8.76. The van der Waals surface area contributed by atoms with E-state index in [9.17, 15) is 9.59 Å². The smallest absolute Gasteiger partial charge is 0.265 e. The van der Waals surface area contributed by atoms with Crippen LogP contribution in [0.1, 0.15) is 25.7 Å². The standard InChI is InChI=1S/C16H34N8O2S2/c1-12(15(18)25)21-23-14(24-22-13(2)16(19)26)6-4-3-5-8-20-9-11-28-27-10-7-17/h14,20-24H,1-11,17H2,(H2,18,25)(H2,19,26). The number of hydrazine groups is 2. The van der Waals surface area contributed by atoms with E-state index in [1.807, 2.05) is 10.8 Å². The Balaban J connectivity index is 3.96. The molecule has 162 valence electrons. The average Bonchev–Trinajstić information content (AvgIpc) is 2.66. The Kier molecular flexibility index (Phi) is 16.7. The van der Waals surface area contributed by atoms with E-state index in [0.717, 1.165) is 43.9 Å². The number of hydrogen-bond acceptors (Lipinski definition) is 10. The van der Waals surface area contributed by atoms with Crippen LogP contribution in [0, 0.1) is 0 Å². The quantitative estimate of drug-likeness (QED) is 0.0390. The summed E-state index contributed by atoms with van der Waals surface area (Å²) in [4.78, 5) is 22.0. The average molecular weight is 435 g/mol. The first-order valence-electron chi connectivity index (χ1n) is 9.04. The van der Waals surface area contributed by atoms with E-state index in [0.29, 0.717) is 13.0 Å². The molecule has 0 aliphatic heterocycles. The molecule has 0 spiro atoms. The minimum absolute atomic E-state index is 0.0345. The van der Waals surface area contributed by atoms with E-state index in [4.69, 9.17) is 17.2 Å². The maximum absolute atomic E-state index is 11.0. The molecule has 2 amide bonds. The lowest BCUT2D eigenvalue weighted by atomic mass is 10.1. The van der Waals surface area contributed by atoms with Crippen molar-refractivity contribution >= 4 is 33.4 Å². The van der Waals surface area contributed by atoms with Gasteiger partial charge < -0.3 is 33.4 Å². The molecule has 0 aromatic heterocycles. The van der Waals surface area contributed by atoms with E-state index in [1.54, 1.807) is 10.8 Å². The largest absolute Gasteiger partial charge is 0.364 e. The molecule has 0 bridgehead atoms. The third-order valence-electron chi connectivity index (χ3n) is 3.38. The Morgan fingerprint density at radius 2 is 1.43 bits per heavy atom. The number of hydrogen-bond donors (Lipinski definition) is 8. The lowest BCUT2D eigenvalue weighted by Crippen LogP contribution is -2.54. The van der Waals surface area contributed by atoms with Crippen molar-refractivity contribution in [1.29, 1.82) is 0 Å². The van der Waals surface area contributed by atoms with Gasteiger partial charge in [0.15, 0.2) is 0 Å². The maximum Gasteiger partial charge on any atom is 0.265 e. The van der Waals surface area contributed by atoms with Gasteiger partial charge in [-0.15, -0.1) is 0 Å². The highest BCUT2D eigenvalue weighted by atomic mass is 33.1. The van der Waals surface area contributed by atoms with Gasteiger partial charge in [-0.3, -0.25) is 9.59 Å². The topological polar surface area (TPSA) is 172 Å². The maximum atomic E-state index is 11.0. The number of carbonyl (C=O) groups excluding carboxylic acids is 2. The fraction of sp³-hybridized carbons (Fsp3) is 0.625. The summed E-state index contributed by atoms with van der Waals surface area (Å²) in [6, 6.07) is 0. The molecule has 0 unspecified atom stereocenters. The lowest BCUT2D eigenvalue weighted by Gasteiger charge is -2.22. The van der Waals surface area contributed by atoms with Gasteiger partial charge in [0, 0.05) is 24.6 Å². The van der Waals surface area contributed by atoms with Crippen LogP contribution in [0.4, 0.5) is 0 Å². The van der Waals surface area contributed by atoms with Crippen LogP contribution in [0.25, 0.3) is 0 Å². The highest BCUT2D eigenvalue weighted by Crippen LogP contribution is 2.18. The number of nitrogens with one attached hydrogen (secondary N) is 5. The number of carbonyl (C=O) groups is 2. The zero-order chi connectivity index (χ0) is 21.2. The molecular formula is C16H34N8O2S2. The van der Waals surface area contributed by atoms with Crippen LogP contribution < -0.4 is 44.2 Å². The summed E-state index contributed by atoms with van der Waals surface area (Å²) in [7, 11) is 3.63. The Labute approximate surface area is 175 Å². The molecule has 0 rings (SSSR count). The summed E-state index contributed by atoms with van der Waals surface area (Å²) in [5.74, 6) is 0.723. The second-order valence-electron chi connectivity index (χ2n) is 5.81. The van der Waals surface area contributed by atoms with Crippen molar-refractivity contribution in [1.82, 2.24) is 27.0 Å². The number of primary amides is 2. The van der Waals surface area contributed by atoms with Gasteiger partial charge in [-0.25, -0.2) is 10.9 Å². The van der Waals surface area contributed by atoms with Gasteiger partial charge in [0.2, 0.25) is 0 Å². The van der Waals surface area contributed by atoms with Crippen molar-refractivity contribution in [3.05, 3.63) is 24.6 Å². The van der Waals surface area contributed by atoms with Crippen molar-refractivity contribution < 1.29 is 9.59 Å². The van der Waals surface area contributed by atoms with E-state index in [-0.39, 0.29) is 17.6 Å². The number of unbranched alkanes of at least 4 members (excludes halogenated alkanes) is 2. The zero-order valence-corrected chi connectivity index (χ0v) is 17.9. The van der Waals surface area contributed by atoms with Gasteiger partial charge in [-0.05, 0) is 19.4 Å². The summed E-state index contributed by atoms with van der Waals surface area (Å²) in [5, 5.41) is 3.41. The summed E-state index contributed by atoms with van der Waals surface area (Å²) in [6.07, 6.45) is 3.40. The molecule has 0 aromatic rings. The molecule has 0 aliphatic rings. The number of amides is 2. The molecule has 0 radical (unpaired) electrons. The Morgan fingerprint density at radius 1 is 0.857 bits per heavy atom. The van der Waals surface area contributed by atoms with Crippen molar-refractivity contribution in [2.45, 2.75) is 31.8 Å². The van der Waals surface area contributed by atoms with Gasteiger partial charge in [-0.2, -0.15) is 0 Å². The predicted molar refractivity (Wildman–Crippen MR) is 118 cm³/mol. The zero-order valence-electron chi connectivity index (χ0n) is 16.2. The molecule has 0 saturated carbocycles. The van der Waals surface area contributed by atoms with E-state index >= 15 is 0 Å².